The Morgan fingerprint density at radius 1 is 1.62 bits per heavy atom. The van der Waals surface area contributed by atoms with Gasteiger partial charge in [-0.3, -0.25) is 0 Å². The van der Waals surface area contributed by atoms with Gasteiger partial charge < -0.3 is 10.4 Å². The van der Waals surface area contributed by atoms with Gasteiger partial charge in [-0.05, 0) is 19.8 Å². The fourth-order valence-corrected chi connectivity index (χ4v) is 2.96. The zero-order valence-corrected chi connectivity index (χ0v) is 11.0. The topological polar surface area (TPSA) is 45.2 Å². The summed E-state index contributed by atoms with van der Waals surface area (Å²) >= 11 is 1.73. The molecular formula is C12H20N2OS. The molecule has 1 fully saturated rings. The van der Waals surface area contributed by atoms with E-state index in [1.807, 2.05) is 5.51 Å². The second kappa shape index (κ2) is 4.43. The molecule has 0 aromatic carbocycles. The minimum atomic E-state index is -0.143. The van der Waals surface area contributed by atoms with Crippen molar-refractivity contribution in [2.45, 2.75) is 45.8 Å². The van der Waals surface area contributed by atoms with Gasteiger partial charge in [0.15, 0.2) is 0 Å². The lowest BCUT2D eigenvalue weighted by Gasteiger charge is -2.49. The average Bonchev–Trinajstić information content (AvgIpc) is 2.63. The number of nitrogens with zero attached hydrogens (tertiary/aromatic N) is 1. The first-order chi connectivity index (χ1) is 7.51. The van der Waals surface area contributed by atoms with E-state index in [1.165, 1.54) is 4.88 Å². The standard InChI is InChI=1S/C12H20N2OS/c1-8-9(16-7-14-8)4-5-13-10-6-11(15)12(10,2)3/h7,10-11,13,15H,4-6H2,1-3H3. The summed E-state index contributed by atoms with van der Waals surface area (Å²) in [5.41, 5.74) is 3.09. The van der Waals surface area contributed by atoms with Crippen LogP contribution in [0.1, 0.15) is 30.8 Å². The molecule has 16 heavy (non-hydrogen) atoms. The lowest BCUT2D eigenvalue weighted by Crippen LogP contribution is -2.60. The molecule has 0 radical (unpaired) electrons. The highest BCUT2D eigenvalue weighted by Gasteiger charge is 2.46. The van der Waals surface area contributed by atoms with Crippen LogP contribution >= 0.6 is 11.3 Å². The van der Waals surface area contributed by atoms with E-state index in [9.17, 15) is 5.11 Å². The SMILES string of the molecule is Cc1ncsc1CCNC1CC(O)C1(C)C. The van der Waals surface area contributed by atoms with Crippen molar-refractivity contribution >= 4 is 11.3 Å². The van der Waals surface area contributed by atoms with Gasteiger partial charge >= 0.3 is 0 Å². The van der Waals surface area contributed by atoms with E-state index >= 15 is 0 Å². The van der Waals surface area contributed by atoms with Crippen LogP contribution in [0, 0.1) is 12.3 Å². The van der Waals surface area contributed by atoms with Gasteiger partial charge in [-0.2, -0.15) is 0 Å². The predicted octanol–water partition coefficient (Wildman–Crippen LogP) is 1.74. The van der Waals surface area contributed by atoms with Crippen LogP contribution in [-0.4, -0.2) is 28.8 Å². The number of hydrogen-bond acceptors (Lipinski definition) is 4. The van der Waals surface area contributed by atoms with E-state index in [4.69, 9.17) is 0 Å². The van der Waals surface area contributed by atoms with E-state index in [1.54, 1.807) is 11.3 Å². The zero-order chi connectivity index (χ0) is 11.8. The lowest BCUT2D eigenvalue weighted by molar-refractivity contribution is -0.0720. The van der Waals surface area contributed by atoms with Crippen LogP contribution in [0.5, 0.6) is 0 Å². The maximum Gasteiger partial charge on any atom is 0.0797 e. The van der Waals surface area contributed by atoms with Crippen LogP contribution in [0.25, 0.3) is 0 Å². The van der Waals surface area contributed by atoms with Gasteiger partial charge in [-0.25, -0.2) is 4.98 Å². The van der Waals surface area contributed by atoms with Crippen molar-refractivity contribution in [2.75, 3.05) is 6.54 Å². The predicted molar refractivity (Wildman–Crippen MR) is 66.8 cm³/mol. The largest absolute Gasteiger partial charge is 0.392 e. The molecule has 1 heterocycles. The first-order valence-corrected chi connectivity index (χ1v) is 6.70. The van der Waals surface area contributed by atoms with Crippen molar-refractivity contribution < 1.29 is 5.11 Å². The number of aryl methyl sites for hydroxylation is 1. The van der Waals surface area contributed by atoms with E-state index in [-0.39, 0.29) is 11.5 Å². The van der Waals surface area contributed by atoms with Gasteiger partial charge in [0, 0.05) is 22.9 Å². The molecule has 2 atom stereocenters. The highest BCUT2D eigenvalue weighted by atomic mass is 32.1. The summed E-state index contributed by atoms with van der Waals surface area (Å²) in [6.07, 6.45) is 1.78. The molecule has 3 nitrogen and oxygen atoms in total. The maximum atomic E-state index is 9.63. The molecule has 0 saturated heterocycles. The Hall–Kier alpha value is -0.450. The molecule has 90 valence electrons. The van der Waals surface area contributed by atoms with Crippen LogP contribution in [-0.2, 0) is 6.42 Å². The van der Waals surface area contributed by atoms with E-state index < -0.39 is 0 Å². The summed E-state index contributed by atoms with van der Waals surface area (Å²) in [5.74, 6) is 0. The van der Waals surface area contributed by atoms with Crippen molar-refractivity contribution in [3.05, 3.63) is 16.1 Å². The fraction of sp³-hybridized carbons (Fsp3) is 0.750. The molecule has 0 aliphatic heterocycles. The Labute approximate surface area is 101 Å². The second-order valence-electron chi connectivity index (χ2n) is 5.19. The number of aromatic nitrogens is 1. The van der Waals surface area contributed by atoms with Crippen molar-refractivity contribution in [2.24, 2.45) is 5.41 Å². The lowest BCUT2D eigenvalue weighted by atomic mass is 9.64. The third kappa shape index (κ3) is 2.14. The molecule has 2 unspecified atom stereocenters. The van der Waals surface area contributed by atoms with Gasteiger partial charge in [-0.1, -0.05) is 13.8 Å². The number of rotatable bonds is 4. The third-order valence-corrected chi connectivity index (χ3v) is 4.80. The van der Waals surface area contributed by atoms with Crippen LogP contribution in [0.4, 0.5) is 0 Å². The molecule has 1 aliphatic rings. The van der Waals surface area contributed by atoms with Gasteiger partial charge in [0.05, 0.1) is 17.3 Å². The smallest absolute Gasteiger partial charge is 0.0797 e. The minimum Gasteiger partial charge on any atom is -0.392 e. The summed E-state index contributed by atoms with van der Waals surface area (Å²) in [4.78, 5) is 5.61. The second-order valence-corrected chi connectivity index (χ2v) is 6.13. The highest BCUT2D eigenvalue weighted by molar-refractivity contribution is 7.09. The Bertz CT molecular complexity index is 362. The molecular weight excluding hydrogens is 220 g/mol. The van der Waals surface area contributed by atoms with Crippen molar-refractivity contribution in [1.82, 2.24) is 10.3 Å². The monoisotopic (exact) mass is 240 g/mol. The molecule has 0 spiro atoms. The molecule has 1 aromatic rings. The zero-order valence-electron chi connectivity index (χ0n) is 10.2. The summed E-state index contributed by atoms with van der Waals surface area (Å²) in [6.45, 7) is 7.28. The molecule has 2 rings (SSSR count). The van der Waals surface area contributed by atoms with Crippen LogP contribution in [0.2, 0.25) is 0 Å². The van der Waals surface area contributed by atoms with E-state index in [0.29, 0.717) is 6.04 Å². The quantitative estimate of drug-likeness (QED) is 0.842. The molecule has 0 bridgehead atoms. The Morgan fingerprint density at radius 2 is 2.38 bits per heavy atom. The minimum absolute atomic E-state index is 0.0305. The van der Waals surface area contributed by atoms with E-state index in [2.05, 4.69) is 31.1 Å². The van der Waals surface area contributed by atoms with Gasteiger partial charge in [0.25, 0.3) is 0 Å². The van der Waals surface area contributed by atoms with Gasteiger partial charge in [0.1, 0.15) is 0 Å². The normalized spacial score (nSPS) is 27.8. The first kappa shape index (κ1) is 12.0. The number of nitrogens with one attached hydrogen (secondary N) is 1. The number of hydrogen-bond donors (Lipinski definition) is 2. The van der Waals surface area contributed by atoms with Crippen molar-refractivity contribution in [3.63, 3.8) is 0 Å². The van der Waals surface area contributed by atoms with Crippen LogP contribution in [0.3, 0.4) is 0 Å². The Kier molecular flexibility index (Phi) is 3.33. The van der Waals surface area contributed by atoms with Crippen molar-refractivity contribution in [3.8, 4) is 0 Å². The Morgan fingerprint density at radius 3 is 2.88 bits per heavy atom. The molecule has 2 N–H and O–H groups in total. The molecule has 1 saturated carbocycles. The summed E-state index contributed by atoms with van der Waals surface area (Å²) in [6, 6.07) is 0.454. The third-order valence-electron chi connectivity index (χ3n) is 3.80. The molecule has 1 aromatic heterocycles. The highest BCUT2D eigenvalue weighted by Crippen LogP contribution is 2.40. The van der Waals surface area contributed by atoms with Gasteiger partial charge in [-0.15, -0.1) is 11.3 Å². The molecule has 0 amide bonds. The number of aliphatic hydroxyl groups is 1. The summed E-state index contributed by atoms with van der Waals surface area (Å²) in [7, 11) is 0. The molecule has 4 heteroatoms. The van der Waals surface area contributed by atoms with Crippen LogP contribution in [0.15, 0.2) is 5.51 Å². The fourth-order valence-electron chi connectivity index (χ4n) is 2.17. The number of aliphatic hydroxyl groups excluding tert-OH is 1. The summed E-state index contributed by atoms with van der Waals surface area (Å²) < 4.78 is 0. The summed E-state index contributed by atoms with van der Waals surface area (Å²) in [5, 5.41) is 13.1. The first-order valence-electron chi connectivity index (χ1n) is 5.82. The molecule has 1 aliphatic carbocycles. The van der Waals surface area contributed by atoms with Crippen LogP contribution < -0.4 is 5.32 Å². The van der Waals surface area contributed by atoms with Gasteiger partial charge in [0.2, 0.25) is 0 Å². The maximum absolute atomic E-state index is 9.63. The number of thiazole rings is 1. The average molecular weight is 240 g/mol. The van der Waals surface area contributed by atoms with Crippen molar-refractivity contribution in [1.29, 1.82) is 0 Å². The van der Waals surface area contributed by atoms with E-state index in [0.717, 1.165) is 25.1 Å². The Balaban J connectivity index is 1.76.